The molecule has 0 fully saturated rings. The van der Waals surface area contributed by atoms with Crippen LogP contribution in [-0.4, -0.2) is 37.5 Å². The van der Waals surface area contributed by atoms with Crippen molar-refractivity contribution in [3.05, 3.63) is 47.4 Å². The third kappa shape index (κ3) is 5.67. The van der Waals surface area contributed by atoms with Gasteiger partial charge in [-0.15, -0.1) is 0 Å². The van der Waals surface area contributed by atoms with Gasteiger partial charge in [0.05, 0.1) is 27.6 Å². The average molecular weight is 369 g/mol. The lowest BCUT2D eigenvalue weighted by Crippen LogP contribution is -2.24. The molecule has 1 aliphatic heterocycles. The summed E-state index contributed by atoms with van der Waals surface area (Å²) in [6.07, 6.45) is 1.70. The summed E-state index contributed by atoms with van der Waals surface area (Å²) in [5, 5.41) is 13.3. The SMILES string of the molecule is CC(C)(F)F.CC1=C(C[S@@](=O)c2nc3ccccc3[nH]2)NCC=C1O. The first-order valence-electron chi connectivity index (χ1n) is 7.69. The van der Waals surface area contributed by atoms with Crippen molar-refractivity contribution in [3.8, 4) is 0 Å². The molecule has 136 valence electrons. The van der Waals surface area contributed by atoms with Gasteiger partial charge in [0.25, 0.3) is 0 Å². The number of benzene rings is 1. The second-order valence-corrected chi connectivity index (χ2v) is 7.32. The van der Waals surface area contributed by atoms with Crippen molar-refractivity contribution in [1.82, 2.24) is 15.3 Å². The van der Waals surface area contributed by atoms with E-state index in [1.807, 2.05) is 31.2 Å². The number of fused-ring (bicyclic) bond motifs is 1. The van der Waals surface area contributed by atoms with Crippen molar-refractivity contribution in [1.29, 1.82) is 0 Å². The number of imidazole rings is 1. The number of alkyl halides is 2. The fourth-order valence-corrected chi connectivity index (χ4v) is 3.25. The van der Waals surface area contributed by atoms with E-state index in [0.29, 0.717) is 17.5 Å². The van der Waals surface area contributed by atoms with E-state index in [1.54, 1.807) is 6.08 Å². The van der Waals surface area contributed by atoms with Crippen molar-refractivity contribution in [2.24, 2.45) is 0 Å². The molecule has 1 aromatic carbocycles. The van der Waals surface area contributed by atoms with Crippen LogP contribution in [0.4, 0.5) is 8.78 Å². The van der Waals surface area contributed by atoms with Crippen LogP contribution in [0.1, 0.15) is 20.8 Å². The first-order chi connectivity index (χ1) is 11.6. The highest BCUT2D eigenvalue weighted by Crippen LogP contribution is 2.18. The number of para-hydroxylation sites is 2. The minimum absolute atomic E-state index is 0.250. The number of rotatable bonds is 3. The maximum absolute atomic E-state index is 12.4. The molecule has 0 aliphatic carbocycles. The van der Waals surface area contributed by atoms with Crippen LogP contribution in [0, 0.1) is 0 Å². The number of aliphatic hydroxyl groups excluding tert-OH is 1. The molecule has 0 saturated carbocycles. The molecule has 5 nitrogen and oxygen atoms in total. The lowest BCUT2D eigenvalue weighted by molar-refractivity contribution is 0.0437. The highest BCUT2D eigenvalue weighted by Gasteiger charge is 2.16. The summed E-state index contributed by atoms with van der Waals surface area (Å²) >= 11 is 0. The van der Waals surface area contributed by atoms with Crippen LogP contribution in [0.2, 0.25) is 0 Å². The quantitative estimate of drug-likeness (QED) is 0.772. The Labute approximate surface area is 147 Å². The van der Waals surface area contributed by atoms with Crippen LogP contribution >= 0.6 is 0 Å². The van der Waals surface area contributed by atoms with E-state index in [4.69, 9.17) is 0 Å². The number of H-pyrrole nitrogens is 1. The molecule has 0 bridgehead atoms. The number of aromatic amines is 1. The van der Waals surface area contributed by atoms with Gasteiger partial charge in [0, 0.05) is 17.8 Å². The largest absolute Gasteiger partial charge is 0.508 e. The molecule has 0 amide bonds. The number of hydrogen-bond donors (Lipinski definition) is 3. The molecular weight excluding hydrogens is 348 g/mol. The topological polar surface area (TPSA) is 78.0 Å². The lowest BCUT2D eigenvalue weighted by atomic mass is 10.1. The fraction of sp³-hybridized carbons (Fsp3) is 0.353. The second-order valence-electron chi connectivity index (χ2n) is 5.95. The van der Waals surface area contributed by atoms with Gasteiger partial charge in [-0.1, -0.05) is 12.1 Å². The van der Waals surface area contributed by atoms with Crippen molar-refractivity contribution < 1.29 is 18.1 Å². The number of aliphatic hydroxyl groups is 1. The first kappa shape index (κ1) is 19.1. The predicted octanol–water partition coefficient (Wildman–Crippen LogP) is 3.65. The Hall–Kier alpha value is -2.22. The van der Waals surface area contributed by atoms with Gasteiger partial charge in [0.15, 0.2) is 5.16 Å². The third-order valence-electron chi connectivity index (χ3n) is 3.31. The standard InChI is InChI=1S/C14H15N3O2S.C3H6F2/c1-9-12(15-7-6-13(9)18)8-20(19)14-16-10-4-2-3-5-11(10)17-14;1-3(2,4)5/h2-6,15,18H,7-8H2,1H3,(H,16,17);1-2H3/t20-;/m1./s1. The van der Waals surface area contributed by atoms with E-state index in [9.17, 15) is 18.1 Å². The summed E-state index contributed by atoms with van der Waals surface area (Å²) in [5.74, 6) is -1.94. The van der Waals surface area contributed by atoms with Crippen molar-refractivity contribution >= 4 is 21.8 Å². The van der Waals surface area contributed by atoms with E-state index in [0.717, 1.165) is 36.2 Å². The van der Waals surface area contributed by atoms with E-state index < -0.39 is 16.7 Å². The molecule has 1 aliphatic rings. The molecule has 8 heteroatoms. The van der Waals surface area contributed by atoms with Crippen LogP contribution < -0.4 is 5.32 Å². The second kappa shape index (κ2) is 7.77. The molecule has 2 aromatic rings. The number of halogens is 2. The van der Waals surface area contributed by atoms with Crippen LogP contribution in [0.25, 0.3) is 11.0 Å². The van der Waals surface area contributed by atoms with E-state index in [2.05, 4.69) is 15.3 Å². The minimum Gasteiger partial charge on any atom is -0.508 e. The Balaban J connectivity index is 0.000000399. The number of nitrogens with zero attached hydrogens (tertiary/aromatic N) is 1. The van der Waals surface area contributed by atoms with Gasteiger partial charge in [-0.3, -0.25) is 4.21 Å². The van der Waals surface area contributed by atoms with Gasteiger partial charge in [-0.25, -0.2) is 13.8 Å². The lowest BCUT2D eigenvalue weighted by Gasteiger charge is -2.17. The molecule has 3 N–H and O–H groups in total. The Kier molecular flexibility index (Phi) is 5.94. The van der Waals surface area contributed by atoms with Crippen molar-refractivity contribution in [2.75, 3.05) is 12.3 Å². The number of aromatic nitrogens is 2. The Morgan fingerprint density at radius 2 is 1.96 bits per heavy atom. The zero-order chi connectivity index (χ0) is 18.6. The first-order valence-corrected chi connectivity index (χ1v) is 9.01. The van der Waals surface area contributed by atoms with Crippen LogP contribution in [0.3, 0.4) is 0 Å². The van der Waals surface area contributed by atoms with Gasteiger partial charge in [0.1, 0.15) is 5.76 Å². The Morgan fingerprint density at radius 1 is 1.32 bits per heavy atom. The van der Waals surface area contributed by atoms with Gasteiger partial charge in [-0.05, 0) is 39.0 Å². The van der Waals surface area contributed by atoms with E-state index >= 15 is 0 Å². The van der Waals surface area contributed by atoms with Crippen LogP contribution in [0.15, 0.2) is 52.5 Å². The predicted molar refractivity (Wildman–Crippen MR) is 95.1 cm³/mol. The van der Waals surface area contributed by atoms with Crippen LogP contribution in [0.5, 0.6) is 0 Å². The summed E-state index contributed by atoms with van der Waals surface area (Å²) in [5.41, 5.74) is 3.21. The van der Waals surface area contributed by atoms with Crippen molar-refractivity contribution in [3.63, 3.8) is 0 Å². The molecule has 0 radical (unpaired) electrons. The molecule has 2 heterocycles. The summed E-state index contributed by atoms with van der Waals surface area (Å²) in [6.45, 7) is 4.07. The number of allylic oxidation sites excluding steroid dienone is 1. The van der Waals surface area contributed by atoms with E-state index in [-0.39, 0.29) is 5.76 Å². The molecule has 1 atom stereocenters. The Morgan fingerprint density at radius 3 is 2.60 bits per heavy atom. The fourth-order valence-electron chi connectivity index (χ4n) is 2.11. The summed E-state index contributed by atoms with van der Waals surface area (Å²) in [7, 11) is -1.27. The number of hydrogen-bond acceptors (Lipinski definition) is 4. The smallest absolute Gasteiger partial charge is 0.242 e. The van der Waals surface area contributed by atoms with Gasteiger partial charge >= 0.3 is 0 Å². The summed E-state index contributed by atoms with van der Waals surface area (Å²) in [4.78, 5) is 7.41. The third-order valence-corrected chi connectivity index (χ3v) is 4.48. The number of nitrogens with one attached hydrogen (secondary N) is 2. The summed E-state index contributed by atoms with van der Waals surface area (Å²) in [6, 6.07) is 7.59. The maximum Gasteiger partial charge on any atom is 0.242 e. The zero-order valence-corrected chi connectivity index (χ0v) is 15.1. The molecule has 0 saturated heterocycles. The minimum atomic E-state index is -2.50. The molecule has 0 unspecified atom stereocenters. The zero-order valence-electron chi connectivity index (χ0n) is 14.3. The van der Waals surface area contributed by atoms with Crippen molar-refractivity contribution in [2.45, 2.75) is 31.9 Å². The highest BCUT2D eigenvalue weighted by molar-refractivity contribution is 7.85. The molecule has 1 aromatic heterocycles. The van der Waals surface area contributed by atoms with Gasteiger partial charge < -0.3 is 15.4 Å². The maximum atomic E-state index is 12.4. The number of dihydropyridines is 1. The summed E-state index contributed by atoms with van der Waals surface area (Å²) < 4.78 is 34.4. The molecule has 3 rings (SSSR count). The Bertz CT molecular complexity index is 799. The molecule has 0 spiro atoms. The molecule has 25 heavy (non-hydrogen) atoms. The normalized spacial score (nSPS) is 16.0. The average Bonchev–Trinajstić information content (AvgIpc) is 2.94. The van der Waals surface area contributed by atoms with Gasteiger partial charge in [0.2, 0.25) is 5.92 Å². The molecular formula is C17H21F2N3O2S. The monoisotopic (exact) mass is 369 g/mol. The van der Waals surface area contributed by atoms with Crippen LogP contribution in [-0.2, 0) is 10.8 Å². The highest BCUT2D eigenvalue weighted by atomic mass is 32.2. The van der Waals surface area contributed by atoms with E-state index in [1.165, 1.54) is 0 Å². The van der Waals surface area contributed by atoms with Gasteiger partial charge in [-0.2, -0.15) is 0 Å².